The number of nitrogens with zero attached hydrogens (tertiary/aromatic N) is 3. The highest BCUT2D eigenvalue weighted by Crippen LogP contribution is 2.21. The van der Waals surface area contributed by atoms with Crippen LogP contribution in [0.4, 0.5) is 0 Å². The minimum Gasteiger partial charge on any atom is -0.336 e. The van der Waals surface area contributed by atoms with Crippen molar-refractivity contribution < 1.29 is 13.2 Å². The summed E-state index contributed by atoms with van der Waals surface area (Å²) in [6, 6.07) is 17.9. The van der Waals surface area contributed by atoms with E-state index in [2.05, 4.69) is 0 Å². The number of sulfonamides is 1. The Balaban J connectivity index is 1.47. The van der Waals surface area contributed by atoms with Crippen LogP contribution in [0.3, 0.4) is 0 Å². The van der Waals surface area contributed by atoms with Crippen molar-refractivity contribution in [1.29, 1.82) is 0 Å². The molecule has 0 unspecified atom stereocenters. The molecule has 0 spiro atoms. The van der Waals surface area contributed by atoms with Crippen molar-refractivity contribution in [2.24, 2.45) is 0 Å². The van der Waals surface area contributed by atoms with Crippen LogP contribution in [0.25, 0.3) is 0 Å². The molecule has 4 rings (SSSR count). The fourth-order valence-electron chi connectivity index (χ4n) is 3.93. The van der Waals surface area contributed by atoms with Gasteiger partial charge >= 0.3 is 0 Å². The number of piperazine rings is 1. The molecular weight excluding hydrogens is 438 g/mol. The molecule has 172 valence electrons. The third-order valence-electron chi connectivity index (χ3n) is 6.09. The van der Waals surface area contributed by atoms with Gasteiger partial charge in [0.2, 0.25) is 10.0 Å². The van der Waals surface area contributed by atoms with Gasteiger partial charge in [-0.2, -0.15) is 4.31 Å². The van der Waals surface area contributed by atoms with E-state index in [1.807, 2.05) is 44.2 Å². The van der Waals surface area contributed by atoms with Crippen LogP contribution in [0.15, 0.2) is 76.6 Å². The van der Waals surface area contributed by atoms with E-state index in [0.29, 0.717) is 6.54 Å². The van der Waals surface area contributed by atoms with Crippen LogP contribution in [0, 0.1) is 13.8 Å². The molecule has 0 atom stereocenters. The lowest BCUT2D eigenvalue weighted by Crippen LogP contribution is -2.51. The van der Waals surface area contributed by atoms with Gasteiger partial charge in [0.15, 0.2) is 0 Å². The number of carbonyl (C=O) groups is 1. The largest absolute Gasteiger partial charge is 0.336 e. The van der Waals surface area contributed by atoms with Crippen molar-refractivity contribution in [2.45, 2.75) is 25.3 Å². The first-order chi connectivity index (χ1) is 15.8. The van der Waals surface area contributed by atoms with E-state index in [0.717, 1.165) is 16.7 Å². The van der Waals surface area contributed by atoms with E-state index in [1.54, 1.807) is 35.4 Å². The predicted molar refractivity (Wildman–Crippen MR) is 127 cm³/mol. The van der Waals surface area contributed by atoms with Gasteiger partial charge in [-0.1, -0.05) is 36.4 Å². The van der Waals surface area contributed by atoms with E-state index in [9.17, 15) is 18.0 Å². The molecule has 0 N–H and O–H groups in total. The van der Waals surface area contributed by atoms with Gasteiger partial charge in [-0.05, 0) is 54.8 Å². The molecule has 8 heteroatoms. The molecule has 7 nitrogen and oxygen atoms in total. The number of benzene rings is 2. The average molecular weight is 466 g/mol. The van der Waals surface area contributed by atoms with Crippen LogP contribution in [0.1, 0.15) is 27.0 Å². The Labute approximate surface area is 193 Å². The maximum Gasteiger partial charge on any atom is 0.263 e. The summed E-state index contributed by atoms with van der Waals surface area (Å²) in [6.45, 7) is 5.04. The number of hydrogen-bond donors (Lipinski definition) is 0. The van der Waals surface area contributed by atoms with E-state index in [1.165, 1.54) is 14.9 Å². The Morgan fingerprint density at radius 2 is 1.58 bits per heavy atom. The van der Waals surface area contributed by atoms with E-state index >= 15 is 0 Å². The monoisotopic (exact) mass is 465 g/mol. The Morgan fingerprint density at radius 3 is 2.24 bits per heavy atom. The topological polar surface area (TPSA) is 79.7 Å². The first-order valence-electron chi connectivity index (χ1n) is 10.9. The van der Waals surface area contributed by atoms with Gasteiger partial charge in [0.25, 0.3) is 11.5 Å². The maximum absolute atomic E-state index is 13.1. The average Bonchev–Trinajstić information content (AvgIpc) is 2.82. The molecule has 33 heavy (non-hydrogen) atoms. The van der Waals surface area contributed by atoms with Crippen molar-refractivity contribution in [3.8, 4) is 0 Å². The fraction of sp³-hybridized carbons (Fsp3) is 0.280. The molecule has 1 aliphatic heterocycles. The van der Waals surface area contributed by atoms with Gasteiger partial charge in [0, 0.05) is 32.4 Å². The van der Waals surface area contributed by atoms with Gasteiger partial charge < -0.3 is 9.47 Å². The zero-order valence-electron chi connectivity index (χ0n) is 18.8. The number of aryl methyl sites for hydroxylation is 2. The van der Waals surface area contributed by atoms with Gasteiger partial charge in [-0.3, -0.25) is 9.59 Å². The molecule has 1 fully saturated rings. The predicted octanol–water partition coefficient (Wildman–Crippen LogP) is 2.66. The second kappa shape index (κ2) is 9.33. The highest BCUT2D eigenvalue weighted by Gasteiger charge is 2.31. The van der Waals surface area contributed by atoms with Gasteiger partial charge in [0.05, 0.1) is 11.4 Å². The van der Waals surface area contributed by atoms with Crippen molar-refractivity contribution >= 4 is 15.9 Å². The van der Waals surface area contributed by atoms with Crippen molar-refractivity contribution in [3.05, 3.63) is 99.5 Å². The Hall–Kier alpha value is -3.23. The van der Waals surface area contributed by atoms with Crippen LogP contribution in [-0.2, 0) is 16.6 Å². The summed E-state index contributed by atoms with van der Waals surface area (Å²) in [5.74, 6) is -0.370. The lowest BCUT2D eigenvalue weighted by atomic mass is 10.1. The zero-order valence-corrected chi connectivity index (χ0v) is 19.6. The summed E-state index contributed by atoms with van der Waals surface area (Å²) in [6.07, 6.45) is 1.67. The first kappa shape index (κ1) is 22.9. The Bertz CT molecular complexity index is 1330. The van der Waals surface area contributed by atoms with Crippen molar-refractivity contribution in [2.75, 3.05) is 26.2 Å². The third kappa shape index (κ3) is 4.77. The van der Waals surface area contributed by atoms with Gasteiger partial charge in [-0.25, -0.2) is 8.42 Å². The van der Waals surface area contributed by atoms with Crippen LogP contribution < -0.4 is 5.56 Å². The zero-order chi connectivity index (χ0) is 23.6. The second-order valence-electron chi connectivity index (χ2n) is 8.28. The SMILES string of the molecule is Cc1ccc(S(=O)(=O)N2CCN(C(=O)c3cccn(Cc4ccccc4)c3=O)CC2)cc1C. The quantitative estimate of drug-likeness (QED) is 0.580. The highest BCUT2D eigenvalue weighted by molar-refractivity contribution is 7.89. The highest BCUT2D eigenvalue weighted by atomic mass is 32.2. The normalized spacial score (nSPS) is 14.9. The molecule has 1 saturated heterocycles. The second-order valence-corrected chi connectivity index (χ2v) is 10.2. The lowest BCUT2D eigenvalue weighted by molar-refractivity contribution is 0.0695. The Kier molecular flexibility index (Phi) is 6.49. The van der Waals surface area contributed by atoms with Crippen LogP contribution in [0.5, 0.6) is 0 Å². The fourth-order valence-corrected chi connectivity index (χ4v) is 5.44. The van der Waals surface area contributed by atoms with E-state index < -0.39 is 10.0 Å². The minimum absolute atomic E-state index is 0.0962. The molecule has 2 heterocycles. The van der Waals surface area contributed by atoms with Crippen molar-refractivity contribution in [3.63, 3.8) is 0 Å². The van der Waals surface area contributed by atoms with Crippen LogP contribution in [0.2, 0.25) is 0 Å². The molecule has 1 aliphatic rings. The standard InChI is InChI=1S/C25H27N3O4S/c1-19-10-11-22(17-20(19)2)33(31,32)28-15-13-26(14-16-28)24(29)23-9-6-12-27(25(23)30)18-21-7-4-3-5-8-21/h3-12,17H,13-16,18H2,1-2H3. The Morgan fingerprint density at radius 1 is 0.879 bits per heavy atom. The van der Waals surface area contributed by atoms with Gasteiger partial charge in [0.1, 0.15) is 5.56 Å². The summed E-state index contributed by atoms with van der Waals surface area (Å²) in [7, 11) is -3.64. The smallest absolute Gasteiger partial charge is 0.263 e. The van der Waals surface area contributed by atoms with E-state index in [-0.39, 0.29) is 48.1 Å². The molecule has 2 aromatic carbocycles. The molecule has 3 aromatic rings. The summed E-state index contributed by atoms with van der Waals surface area (Å²) in [5.41, 5.74) is 2.66. The van der Waals surface area contributed by atoms with Crippen LogP contribution >= 0.6 is 0 Å². The number of carbonyl (C=O) groups excluding carboxylic acids is 1. The molecule has 0 radical (unpaired) electrons. The molecule has 0 saturated carbocycles. The van der Waals surface area contributed by atoms with Gasteiger partial charge in [-0.15, -0.1) is 0 Å². The minimum atomic E-state index is -3.64. The number of rotatable bonds is 5. The summed E-state index contributed by atoms with van der Waals surface area (Å²) >= 11 is 0. The molecule has 1 amide bonds. The molecule has 1 aromatic heterocycles. The number of aromatic nitrogens is 1. The summed E-state index contributed by atoms with van der Waals surface area (Å²) < 4.78 is 29.0. The molecule has 0 bridgehead atoms. The summed E-state index contributed by atoms with van der Waals surface area (Å²) in [5, 5.41) is 0. The van der Waals surface area contributed by atoms with Crippen molar-refractivity contribution in [1.82, 2.24) is 13.8 Å². The van der Waals surface area contributed by atoms with E-state index in [4.69, 9.17) is 0 Å². The molecular formula is C25H27N3O4S. The number of amides is 1. The lowest BCUT2D eigenvalue weighted by Gasteiger charge is -2.34. The third-order valence-corrected chi connectivity index (χ3v) is 7.98. The van der Waals surface area contributed by atoms with Crippen LogP contribution in [-0.4, -0.2) is 54.3 Å². The summed E-state index contributed by atoms with van der Waals surface area (Å²) in [4.78, 5) is 27.8. The number of hydrogen-bond acceptors (Lipinski definition) is 4. The maximum atomic E-state index is 13.1. The molecule has 0 aliphatic carbocycles. The number of pyridine rings is 1. The first-order valence-corrected chi connectivity index (χ1v) is 12.3.